The molecule has 0 atom stereocenters. The van der Waals surface area contributed by atoms with Crippen molar-refractivity contribution in [3.05, 3.63) is 0 Å². The van der Waals surface area contributed by atoms with Gasteiger partial charge in [0.25, 0.3) is 0 Å². The fourth-order valence-corrected chi connectivity index (χ4v) is 1.20. The van der Waals surface area contributed by atoms with Gasteiger partial charge < -0.3 is 20.3 Å². The lowest BCUT2D eigenvalue weighted by Crippen LogP contribution is -2.47. The smallest absolute Gasteiger partial charge is 0.428 e. The normalized spacial score (nSPS) is 16.5. The predicted molar refractivity (Wildman–Crippen MR) is 50.0 cm³/mol. The molecule has 1 saturated heterocycles. The molecule has 0 saturated carbocycles. The Morgan fingerprint density at radius 1 is 1.29 bits per heavy atom. The van der Waals surface area contributed by atoms with Gasteiger partial charge in [-0.25, -0.2) is 4.79 Å². The van der Waals surface area contributed by atoms with Gasteiger partial charge in [0.1, 0.15) is 0 Å². The fourth-order valence-electron chi connectivity index (χ4n) is 1.20. The number of hydrogen-bond acceptors (Lipinski definition) is 4. The third kappa shape index (κ3) is 4.47. The second-order valence-corrected chi connectivity index (χ2v) is 3.30. The summed E-state index contributed by atoms with van der Waals surface area (Å²) in [5, 5.41) is 4.44. The van der Waals surface area contributed by atoms with Crippen LogP contribution in [0.2, 0.25) is 0 Å². The summed E-state index contributed by atoms with van der Waals surface area (Å²) in [5.41, 5.74) is 0. The number of piperazine rings is 1. The molecule has 2 N–H and O–H groups in total. The first-order chi connectivity index (χ1) is 7.91. The van der Waals surface area contributed by atoms with E-state index in [4.69, 9.17) is 0 Å². The van der Waals surface area contributed by atoms with E-state index < -0.39 is 24.9 Å². The van der Waals surface area contributed by atoms with E-state index in [0.717, 1.165) is 0 Å². The van der Waals surface area contributed by atoms with Gasteiger partial charge in [-0.3, -0.25) is 4.79 Å². The van der Waals surface area contributed by atoms with Crippen molar-refractivity contribution in [2.75, 3.05) is 32.9 Å². The molecule has 1 fully saturated rings. The minimum Gasteiger partial charge on any atom is -0.428 e. The highest BCUT2D eigenvalue weighted by Crippen LogP contribution is 2.13. The SMILES string of the molecule is O=C(OCNC(=O)C(F)(F)F)N1CCNCC1. The molecule has 0 aromatic carbocycles. The Labute approximate surface area is 95.1 Å². The van der Waals surface area contributed by atoms with Crippen molar-refractivity contribution in [3.8, 4) is 0 Å². The Morgan fingerprint density at radius 3 is 2.41 bits per heavy atom. The highest BCUT2D eigenvalue weighted by molar-refractivity contribution is 5.81. The lowest BCUT2D eigenvalue weighted by molar-refractivity contribution is -0.174. The van der Waals surface area contributed by atoms with Crippen LogP contribution in [0.25, 0.3) is 0 Å². The number of hydrogen-bond donors (Lipinski definition) is 2. The van der Waals surface area contributed by atoms with Crippen LogP contribution in [0.5, 0.6) is 0 Å². The zero-order valence-electron chi connectivity index (χ0n) is 8.84. The molecule has 6 nitrogen and oxygen atoms in total. The first-order valence-corrected chi connectivity index (χ1v) is 4.88. The van der Waals surface area contributed by atoms with E-state index in [1.54, 1.807) is 0 Å². The van der Waals surface area contributed by atoms with Crippen molar-refractivity contribution in [2.45, 2.75) is 6.18 Å². The van der Waals surface area contributed by atoms with Gasteiger partial charge in [-0.15, -0.1) is 0 Å². The molecule has 9 heteroatoms. The minimum atomic E-state index is -4.97. The zero-order chi connectivity index (χ0) is 12.9. The molecule has 2 amide bonds. The summed E-state index contributed by atoms with van der Waals surface area (Å²) in [6.45, 7) is 1.26. The average molecular weight is 255 g/mol. The van der Waals surface area contributed by atoms with Crippen LogP contribution in [0, 0.1) is 0 Å². The van der Waals surface area contributed by atoms with Crippen molar-refractivity contribution < 1.29 is 27.5 Å². The lowest BCUT2D eigenvalue weighted by Gasteiger charge is -2.26. The summed E-state index contributed by atoms with van der Waals surface area (Å²) < 4.78 is 39.7. The highest BCUT2D eigenvalue weighted by atomic mass is 19.4. The number of halogens is 3. The van der Waals surface area contributed by atoms with Crippen molar-refractivity contribution in [2.24, 2.45) is 0 Å². The third-order valence-corrected chi connectivity index (χ3v) is 2.06. The summed E-state index contributed by atoms with van der Waals surface area (Å²) in [5.74, 6) is -2.13. The van der Waals surface area contributed by atoms with E-state index in [9.17, 15) is 22.8 Å². The van der Waals surface area contributed by atoms with Crippen LogP contribution < -0.4 is 10.6 Å². The molecular formula is C8H12F3N3O3. The quantitative estimate of drug-likeness (QED) is 0.662. The van der Waals surface area contributed by atoms with Crippen molar-refractivity contribution >= 4 is 12.0 Å². The molecule has 0 radical (unpaired) electrons. The van der Waals surface area contributed by atoms with Crippen LogP contribution in [0.15, 0.2) is 0 Å². The lowest BCUT2D eigenvalue weighted by atomic mass is 10.4. The van der Waals surface area contributed by atoms with Gasteiger partial charge in [0.05, 0.1) is 0 Å². The number of nitrogens with zero attached hydrogens (tertiary/aromatic N) is 1. The van der Waals surface area contributed by atoms with E-state index >= 15 is 0 Å². The number of alkyl halides is 3. The predicted octanol–water partition coefficient (Wildman–Crippen LogP) is -0.336. The second-order valence-electron chi connectivity index (χ2n) is 3.30. The molecule has 0 aromatic heterocycles. The Balaban J connectivity index is 2.22. The Morgan fingerprint density at radius 2 is 1.88 bits per heavy atom. The fraction of sp³-hybridized carbons (Fsp3) is 0.750. The first-order valence-electron chi connectivity index (χ1n) is 4.88. The van der Waals surface area contributed by atoms with Gasteiger partial charge in [0.2, 0.25) is 0 Å². The van der Waals surface area contributed by atoms with Crippen molar-refractivity contribution in [1.82, 2.24) is 15.5 Å². The first kappa shape index (κ1) is 13.6. The van der Waals surface area contributed by atoms with Crippen LogP contribution in [-0.4, -0.2) is 56.0 Å². The van der Waals surface area contributed by atoms with E-state index in [1.807, 2.05) is 0 Å². The molecular weight excluding hydrogens is 243 g/mol. The monoisotopic (exact) mass is 255 g/mol. The summed E-state index contributed by atoms with van der Waals surface area (Å²) in [6.07, 6.45) is -5.71. The second kappa shape index (κ2) is 5.71. The van der Waals surface area contributed by atoms with Gasteiger partial charge in [0.15, 0.2) is 6.73 Å². The van der Waals surface area contributed by atoms with Gasteiger partial charge >= 0.3 is 18.2 Å². The summed E-state index contributed by atoms with van der Waals surface area (Å²) in [7, 11) is 0. The van der Waals surface area contributed by atoms with E-state index in [-0.39, 0.29) is 0 Å². The number of ether oxygens (including phenoxy) is 1. The minimum absolute atomic E-state index is 0.423. The maximum absolute atomic E-state index is 11.8. The summed E-state index contributed by atoms with van der Waals surface area (Å²) >= 11 is 0. The molecule has 0 spiro atoms. The third-order valence-electron chi connectivity index (χ3n) is 2.06. The summed E-state index contributed by atoms with van der Waals surface area (Å²) in [6, 6.07) is 0. The van der Waals surface area contributed by atoms with Gasteiger partial charge in [-0.2, -0.15) is 13.2 Å². The maximum Gasteiger partial charge on any atom is 0.471 e. The number of carbonyl (C=O) groups excluding carboxylic acids is 2. The largest absolute Gasteiger partial charge is 0.471 e. The van der Waals surface area contributed by atoms with Crippen molar-refractivity contribution in [1.29, 1.82) is 0 Å². The van der Waals surface area contributed by atoms with Crippen molar-refractivity contribution in [3.63, 3.8) is 0 Å². The number of carbonyl (C=O) groups is 2. The molecule has 17 heavy (non-hydrogen) atoms. The average Bonchev–Trinajstić information content (AvgIpc) is 2.28. The molecule has 0 unspecified atom stereocenters. The molecule has 0 aromatic rings. The molecule has 1 heterocycles. The van der Waals surface area contributed by atoms with Gasteiger partial charge in [0, 0.05) is 26.2 Å². The molecule has 0 bridgehead atoms. The highest BCUT2D eigenvalue weighted by Gasteiger charge is 2.38. The van der Waals surface area contributed by atoms with E-state index in [0.29, 0.717) is 26.2 Å². The molecule has 98 valence electrons. The molecule has 1 aliphatic heterocycles. The Hall–Kier alpha value is -1.51. The molecule has 0 aliphatic carbocycles. The Bertz CT molecular complexity index is 289. The van der Waals surface area contributed by atoms with Crippen LogP contribution in [0.3, 0.4) is 0 Å². The van der Waals surface area contributed by atoms with E-state index in [2.05, 4.69) is 10.1 Å². The van der Waals surface area contributed by atoms with Crippen LogP contribution in [0.1, 0.15) is 0 Å². The zero-order valence-corrected chi connectivity index (χ0v) is 8.84. The van der Waals surface area contributed by atoms with Gasteiger partial charge in [-0.1, -0.05) is 0 Å². The Kier molecular flexibility index (Phi) is 4.55. The van der Waals surface area contributed by atoms with Crippen LogP contribution in [-0.2, 0) is 9.53 Å². The van der Waals surface area contributed by atoms with E-state index in [1.165, 1.54) is 10.2 Å². The number of nitrogens with one attached hydrogen (secondary N) is 2. The maximum atomic E-state index is 11.8. The molecule has 1 rings (SSSR count). The number of amides is 2. The summed E-state index contributed by atoms with van der Waals surface area (Å²) in [4.78, 5) is 23.0. The molecule has 1 aliphatic rings. The topological polar surface area (TPSA) is 70.7 Å². The van der Waals surface area contributed by atoms with Crippen LogP contribution >= 0.6 is 0 Å². The number of rotatable bonds is 2. The van der Waals surface area contributed by atoms with Gasteiger partial charge in [-0.05, 0) is 0 Å². The standard InChI is InChI=1S/C8H12F3N3O3/c9-8(10,11)6(15)13-5-17-7(16)14-3-1-12-2-4-14/h12H,1-5H2,(H,13,15). The van der Waals surface area contributed by atoms with Crippen LogP contribution in [0.4, 0.5) is 18.0 Å².